The average molecular weight is 587 g/mol. The largest absolute Gasteiger partial charge is 0.342 e. The predicted molar refractivity (Wildman–Crippen MR) is 169 cm³/mol. The summed E-state index contributed by atoms with van der Waals surface area (Å²) < 4.78 is 0. The molecule has 230 valence electrons. The van der Waals surface area contributed by atoms with Crippen LogP contribution in [0.4, 0.5) is 11.4 Å². The van der Waals surface area contributed by atoms with Gasteiger partial charge in [-0.2, -0.15) is 0 Å². The van der Waals surface area contributed by atoms with Gasteiger partial charge in [-0.25, -0.2) is 0 Å². The molecule has 2 aliphatic carbocycles. The fourth-order valence-corrected chi connectivity index (χ4v) is 6.88. The number of nitrogens with one attached hydrogen (secondary N) is 2. The topological polar surface area (TPSA) is 98.8 Å². The van der Waals surface area contributed by atoms with Crippen molar-refractivity contribution in [1.82, 2.24) is 9.80 Å². The van der Waals surface area contributed by atoms with Crippen LogP contribution in [0.3, 0.4) is 0 Å². The fourth-order valence-electron chi connectivity index (χ4n) is 6.88. The van der Waals surface area contributed by atoms with Gasteiger partial charge in [0.15, 0.2) is 0 Å². The Morgan fingerprint density at radius 1 is 0.744 bits per heavy atom. The number of likely N-dealkylation sites (tertiary alicyclic amines) is 1. The molecule has 0 unspecified atom stereocenters. The molecule has 1 aliphatic heterocycles. The molecule has 43 heavy (non-hydrogen) atoms. The molecule has 1 heterocycles. The van der Waals surface area contributed by atoms with Gasteiger partial charge in [0, 0.05) is 55.0 Å². The van der Waals surface area contributed by atoms with Gasteiger partial charge >= 0.3 is 0 Å². The van der Waals surface area contributed by atoms with Crippen LogP contribution in [-0.4, -0.2) is 59.6 Å². The molecular weight excluding hydrogens is 540 g/mol. The first-order valence-electron chi connectivity index (χ1n) is 16.2. The lowest BCUT2D eigenvalue weighted by atomic mass is 9.87. The van der Waals surface area contributed by atoms with Gasteiger partial charge in [-0.05, 0) is 74.4 Å². The average Bonchev–Trinajstić information content (AvgIpc) is 3.05. The minimum atomic E-state index is -0.170. The molecule has 5 rings (SSSR count). The first kappa shape index (κ1) is 30.8. The number of hydrogen-bond donors (Lipinski definition) is 2. The van der Waals surface area contributed by atoms with Gasteiger partial charge in [0.05, 0.1) is 6.42 Å². The van der Waals surface area contributed by atoms with Crippen LogP contribution >= 0.6 is 0 Å². The van der Waals surface area contributed by atoms with Crippen molar-refractivity contribution in [2.45, 2.75) is 89.5 Å². The zero-order chi connectivity index (χ0) is 30.2. The van der Waals surface area contributed by atoms with Crippen LogP contribution in [0.1, 0.15) is 93.0 Å². The minimum Gasteiger partial charge on any atom is -0.342 e. The Morgan fingerprint density at radius 2 is 1.40 bits per heavy atom. The lowest BCUT2D eigenvalue weighted by Gasteiger charge is -2.34. The van der Waals surface area contributed by atoms with E-state index in [1.807, 2.05) is 41.1 Å². The lowest BCUT2D eigenvalue weighted by Crippen LogP contribution is -2.44. The van der Waals surface area contributed by atoms with Crippen LogP contribution in [0.15, 0.2) is 48.5 Å². The van der Waals surface area contributed by atoms with Crippen molar-refractivity contribution in [2.75, 3.05) is 30.8 Å². The first-order chi connectivity index (χ1) is 20.9. The standard InChI is InChI=1S/C35H46N4O4/c1-38(31-13-6-3-7-14-31)34(42)28-11-8-12-30(24-28)36-32(40)23-25-15-17-29(18-16-25)37-33(41)26-19-21-39(22-20-26)35(43)27-9-4-2-5-10-27/h8,11-12,15-18,24,26-27,31H,2-7,9-10,13-14,19-23H2,1H3,(H,36,40)(H,37,41). The van der Waals surface area contributed by atoms with E-state index >= 15 is 0 Å². The van der Waals surface area contributed by atoms with Crippen LogP contribution in [-0.2, 0) is 20.8 Å². The molecule has 0 atom stereocenters. The highest BCUT2D eigenvalue weighted by atomic mass is 16.2. The van der Waals surface area contributed by atoms with Crippen molar-refractivity contribution in [3.05, 3.63) is 59.7 Å². The van der Waals surface area contributed by atoms with Gasteiger partial charge in [0.25, 0.3) is 5.91 Å². The number of carbonyl (C=O) groups is 4. The number of amides is 4. The maximum atomic E-state index is 13.1. The third kappa shape index (κ3) is 8.24. The Bertz CT molecular complexity index is 1270. The molecule has 1 saturated heterocycles. The fraction of sp³-hybridized carbons (Fsp3) is 0.543. The predicted octanol–water partition coefficient (Wildman–Crippen LogP) is 6.03. The highest BCUT2D eigenvalue weighted by Crippen LogP contribution is 2.28. The molecule has 0 bridgehead atoms. The normalized spacial score (nSPS) is 18.6. The number of benzene rings is 2. The number of nitrogens with zero attached hydrogens (tertiary/aromatic N) is 2. The summed E-state index contributed by atoms with van der Waals surface area (Å²) in [7, 11) is 1.87. The van der Waals surface area contributed by atoms with E-state index in [0.717, 1.165) is 56.9 Å². The van der Waals surface area contributed by atoms with E-state index in [2.05, 4.69) is 10.6 Å². The van der Waals surface area contributed by atoms with E-state index in [-0.39, 0.29) is 47.9 Å². The highest BCUT2D eigenvalue weighted by Gasteiger charge is 2.31. The molecule has 0 spiro atoms. The summed E-state index contributed by atoms with van der Waals surface area (Å²) in [6.45, 7) is 1.30. The van der Waals surface area contributed by atoms with Crippen LogP contribution in [0, 0.1) is 11.8 Å². The smallest absolute Gasteiger partial charge is 0.253 e. The number of rotatable bonds is 8. The maximum Gasteiger partial charge on any atom is 0.253 e. The van der Waals surface area contributed by atoms with Gasteiger partial charge in [-0.3, -0.25) is 19.2 Å². The van der Waals surface area contributed by atoms with Crippen molar-refractivity contribution in [3.8, 4) is 0 Å². The summed E-state index contributed by atoms with van der Waals surface area (Å²) in [5.41, 5.74) is 2.70. The lowest BCUT2D eigenvalue weighted by molar-refractivity contribution is -0.139. The van der Waals surface area contributed by atoms with Gasteiger partial charge in [0.2, 0.25) is 17.7 Å². The molecule has 8 heteroatoms. The second-order valence-electron chi connectivity index (χ2n) is 12.6. The van der Waals surface area contributed by atoms with Gasteiger partial charge < -0.3 is 20.4 Å². The molecule has 0 radical (unpaired) electrons. The van der Waals surface area contributed by atoms with Gasteiger partial charge in [-0.1, -0.05) is 56.7 Å². The molecule has 3 aliphatic rings. The van der Waals surface area contributed by atoms with E-state index in [9.17, 15) is 19.2 Å². The minimum absolute atomic E-state index is 0.0147. The number of hydrogen-bond acceptors (Lipinski definition) is 4. The molecular formula is C35H46N4O4. The van der Waals surface area contributed by atoms with Crippen molar-refractivity contribution in [2.24, 2.45) is 11.8 Å². The Morgan fingerprint density at radius 3 is 2.07 bits per heavy atom. The van der Waals surface area contributed by atoms with Gasteiger partial charge in [0.1, 0.15) is 0 Å². The zero-order valence-electron chi connectivity index (χ0n) is 25.5. The third-order valence-corrected chi connectivity index (χ3v) is 9.55. The van der Waals surface area contributed by atoms with E-state index < -0.39 is 0 Å². The Kier molecular flexibility index (Phi) is 10.5. The zero-order valence-corrected chi connectivity index (χ0v) is 25.5. The maximum absolute atomic E-state index is 13.1. The summed E-state index contributed by atoms with van der Waals surface area (Å²) in [5.74, 6) is 0.147. The molecule has 4 amide bonds. The van der Waals surface area contributed by atoms with Crippen LogP contribution in [0.5, 0.6) is 0 Å². The Balaban J connectivity index is 1.07. The van der Waals surface area contributed by atoms with Crippen molar-refractivity contribution < 1.29 is 19.2 Å². The molecule has 0 aromatic heterocycles. The van der Waals surface area contributed by atoms with Crippen LogP contribution in [0.2, 0.25) is 0 Å². The van der Waals surface area contributed by atoms with Gasteiger partial charge in [-0.15, -0.1) is 0 Å². The molecule has 3 fully saturated rings. The summed E-state index contributed by atoms with van der Waals surface area (Å²) in [4.78, 5) is 55.4. The Labute approximate surface area is 255 Å². The van der Waals surface area contributed by atoms with Crippen molar-refractivity contribution in [1.29, 1.82) is 0 Å². The second kappa shape index (κ2) is 14.7. The molecule has 2 N–H and O–H groups in total. The molecule has 2 saturated carbocycles. The van der Waals surface area contributed by atoms with E-state index in [1.165, 1.54) is 12.8 Å². The van der Waals surface area contributed by atoms with E-state index in [0.29, 0.717) is 42.9 Å². The number of carbonyl (C=O) groups excluding carboxylic acids is 4. The van der Waals surface area contributed by atoms with Crippen molar-refractivity contribution >= 4 is 35.0 Å². The summed E-state index contributed by atoms with van der Waals surface area (Å²) in [5, 5.41) is 5.93. The number of piperidine rings is 1. The molecule has 2 aromatic rings. The summed E-state index contributed by atoms with van der Waals surface area (Å²) in [6.07, 6.45) is 12.7. The second-order valence-corrected chi connectivity index (χ2v) is 12.6. The molecule has 8 nitrogen and oxygen atoms in total. The highest BCUT2D eigenvalue weighted by molar-refractivity contribution is 5.98. The van der Waals surface area contributed by atoms with Crippen LogP contribution in [0.25, 0.3) is 0 Å². The van der Waals surface area contributed by atoms with E-state index in [4.69, 9.17) is 0 Å². The Hall–Kier alpha value is -3.68. The van der Waals surface area contributed by atoms with Crippen LogP contribution < -0.4 is 10.6 Å². The summed E-state index contributed by atoms with van der Waals surface area (Å²) >= 11 is 0. The summed E-state index contributed by atoms with van der Waals surface area (Å²) in [6, 6.07) is 14.8. The third-order valence-electron chi connectivity index (χ3n) is 9.55. The van der Waals surface area contributed by atoms with Crippen molar-refractivity contribution in [3.63, 3.8) is 0 Å². The monoisotopic (exact) mass is 586 g/mol. The molecule has 2 aromatic carbocycles. The quantitative estimate of drug-likeness (QED) is 0.395. The first-order valence-corrected chi connectivity index (χ1v) is 16.2. The number of anilines is 2. The SMILES string of the molecule is CN(C(=O)c1cccc(NC(=O)Cc2ccc(NC(=O)C3CCN(C(=O)C4CCCCC4)CC3)cc2)c1)C1CCCCC1. The van der Waals surface area contributed by atoms with E-state index in [1.54, 1.807) is 24.3 Å².